The molecule has 2 saturated heterocycles. The smallest absolute Gasteiger partial charge is 0.478 e. The average Bonchev–Trinajstić information content (AvgIpc) is 3.05. The van der Waals surface area contributed by atoms with Gasteiger partial charge in [0.1, 0.15) is 0 Å². The second-order valence-corrected chi connectivity index (χ2v) is 5.96. The maximum atomic E-state index is 11.3. The van der Waals surface area contributed by atoms with Crippen molar-refractivity contribution in [2.24, 2.45) is 0 Å². The first-order chi connectivity index (χ1) is 12.5. The Labute approximate surface area is 152 Å². The molecule has 3 aliphatic heterocycles. The summed E-state index contributed by atoms with van der Waals surface area (Å²) in [5, 5.41) is 11.6. The van der Waals surface area contributed by atoms with Crippen LogP contribution in [0.3, 0.4) is 0 Å². The van der Waals surface area contributed by atoms with E-state index in [-0.39, 0.29) is 11.9 Å². The summed E-state index contributed by atoms with van der Waals surface area (Å²) in [6, 6.07) is 0. The molecule has 144 valence electrons. The number of hydrogen-bond donors (Lipinski definition) is 2. The second kappa shape index (κ2) is 12.8. The highest BCUT2D eigenvalue weighted by Gasteiger charge is 2.21. The normalized spacial score (nSPS) is 19.2. The van der Waals surface area contributed by atoms with E-state index in [4.69, 9.17) is 9.90 Å². The van der Waals surface area contributed by atoms with Gasteiger partial charge in [0.25, 0.3) is 0 Å². The fourth-order valence-electron chi connectivity index (χ4n) is 2.47. The first-order valence-electron chi connectivity index (χ1n) is 8.85. The Kier molecular flexibility index (Phi) is 10.6. The van der Waals surface area contributed by atoms with Crippen LogP contribution in [0, 0.1) is 0 Å². The van der Waals surface area contributed by atoms with Crippen LogP contribution in [-0.4, -0.2) is 64.8 Å². The van der Waals surface area contributed by atoms with Crippen molar-refractivity contribution in [1.82, 2.24) is 10.2 Å². The van der Waals surface area contributed by atoms with E-state index in [1.54, 1.807) is 4.90 Å². The number of hydrogen-bond acceptors (Lipinski definition) is 5. The highest BCUT2D eigenvalue weighted by molar-refractivity contribution is 6.05. The SMILES string of the molecule is C1CCNCC1.O=C(O)/C=C\C(=O)N1CCCCC1.O=C1C=CC(=[OH+])O1. The van der Waals surface area contributed by atoms with Gasteiger partial charge in [0.05, 0.1) is 12.2 Å². The molecule has 0 aliphatic carbocycles. The first-order valence-corrected chi connectivity index (χ1v) is 8.85. The van der Waals surface area contributed by atoms with Crippen LogP contribution in [-0.2, 0) is 19.1 Å². The minimum absolute atomic E-state index is 0.192. The largest absolute Gasteiger partial charge is 0.519 e. The number of piperidine rings is 2. The number of nitrogens with zero attached hydrogens (tertiary/aromatic N) is 1. The van der Waals surface area contributed by atoms with E-state index in [2.05, 4.69) is 10.1 Å². The molecule has 0 radical (unpaired) electrons. The molecule has 3 N–H and O–H groups in total. The van der Waals surface area contributed by atoms with Gasteiger partial charge in [0.15, 0.2) is 0 Å². The molecule has 0 aromatic rings. The van der Waals surface area contributed by atoms with E-state index in [0.29, 0.717) is 0 Å². The number of likely N-dealkylation sites (tertiary alicyclic amines) is 1. The molecule has 0 bridgehead atoms. The number of carboxylic acid groups (broad SMARTS) is 1. The molecule has 26 heavy (non-hydrogen) atoms. The monoisotopic (exact) mass is 367 g/mol. The average molecular weight is 367 g/mol. The number of carboxylic acids is 1. The number of carbonyl (C=O) groups excluding carboxylic acids is 3. The summed E-state index contributed by atoms with van der Waals surface area (Å²) in [6.45, 7) is 4.01. The van der Waals surface area contributed by atoms with Crippen molar-refractivity contribution in [2.75, 3.05) is 26.2 Å². The Morgan fingerprint density at radius 1 is 1.04 bits per heavy atom. The van der Waals surface area contributed by atoms with Gasteiger partial charge < -0.3 is 20.1 Å². The van der Waals surface area contributed by atoms with Crippen LogP contribution in [0.1, 0.15) is 38.5 Å². The molecule has 0 saturated carbocycles. The Morgan fingerprint density at radius 2 is 1.65 bits per heavy atom. The molecular formula is C18H27N2O6+. The highest BCUT2D eigenvalue weighted by atomic mass is 16.6. The molecule has 3 aliphatic rings. The van der Waals surface area contributed by atoms with Crippen molar-refractivity contribution in [3.05, 3.63) is 24.3 Å². The number of carbonyl (C=O) groups is 3. The van der Waals surface area contributed by atoms with Crippen LogP contribution >= 0.6 is 0 Å². The lowest BCUT2D eigenvalue weighted by Gasteiger charge is -2.25. The Bertz CT molecular complexity index is 518. The van der Waals surface area contributed by atoms with Crippen molar-refractivity contribution < 1.29 is 29.0 Å². The topological polar surface area (TPSA) is 117 Å². The predicted molar refractivity (Wildman–Crippen MR) is 96.1 cm³/mol. The van der Waals surface area contributed by atoms with E-state index in [9.17, 15) is 14.4 Å². The van der Waals surface area contributed by atoms with Gasteiger partial charge in [-0.25, -0.2) is 14.3 Å². The Morgan fingerprint density at radius 3 is 2.00 bits per heavy atom. The molecule has 8 heteroatoms. The molecule has 8 nitrogen and oxygen atoms in total. The van der Waals surface area contributed by atoms with Crippen LogP contribution in [0.4, 0.5) is 0 Å². The van der Waals surface area contributed by atoms with Crippen molar-refractivity contribution in [1.29, 1.82) is 0 Å². The Balaban J connectivity index is 0.000000217. The van der Waals surface area contributed by atoms with E-state index in [1.165, 1.54) is 38.4 Å². The number of cyclic esters (lactones) is 2. The number of aliphatic carboxylic acids is 1. The van der Waals surface area contributed by atoms with Crippen molar-refractivity contribution in [2.45, 2.75) is 38.5 Å². The number of rotatable bonds is 2. The van der Waals surface area contributed by atoms with Crippen LogP contribution in [0.2, 0.25) is 0 Å². The van der Waals surface area contributed by atoms with Gasteiger partial charge in [-0.3, -0.25) is 4.79 Å². The van der Waals surface area contributed by atoms with E-state index < -0.39 is 11.9 Å². The lowest BCUT2D eigenvalue weighted by molar-refractivity contribution is -0.132. The molecule has 0 atom stereocenters. The van der Waals surface area contributed by atoms with Crippen molar-refractivity contribution in [3.63, 3.8) is 0 Å². The van der Waals surface area contributed by atoms with Gasteiger partial charge in [-0.05, 0) is 45.2 Å². The van der Waals surface area contributed by atoms with E-state index >= 15 is 0 Å². The van der Waals surface area contributed by atoms with Crippen LogP contribution in [0.25, 0.3) is 0 Å². The summed E-state index contributed by atoms with van der Waals surface area (Å²) in [5.74, 6) is -2.12. The maximum Gasteiger partial charge on any atom is 0.519 e. The number of amides is 1. The molecule has 0 unspecified atom stereocenters. The zero-order valence-corrected chi connectivity index (χ0v) is 14.9. The number of esters is 2. The zero-order chi connectivity index (χ0) is 19.2. The Hall–Kier alpha value is -2.48. The van der Waals surface area contributed by atoms with Crippen molar-refractivity contribution >= 4 is 23.8 Å². The van der Waals surface area contributed by atoms with Gasteiger partial charge in [-0.1, -0.05) is 6.42 Å². The minimum atomic E-state index is -1.08. The van der Waals surface area contributed by atoms with Gasteiger partial charge in [-0.15, -0.1) is 0 Å². The standard InChI is InChI=1S/C9H13NO3.C5H11N.C4H2O3/c11-8(4-5-9(12)13)10-6-2-1-3-7-10;1-2-4-6-5-3-1;5-3-1-2-4(6)7-3/h4-5H,1-3,6-7H2,(H,12,13);6H,1-5H2;1-2H/p+1/b5-4-;;. The minimum Gasteiger partial charge on any atom is -0.478 e. The number of ether oxygens (including phenoxy) is 1. The summed E-state index contributed by atoms with van der Waals surface area (Å²) in [5.41, 5.74) is 0. The van der Waals surface area contributed by atoms with E-state index in [1.807, 2.05) is 0 Å². The van der Waals surface area contributed by atoms with Crippen molar-refractivity contribution in [3.8, 4) is 0 Å². The highest BCUT2D eigenvalue weighted by Crippen LogP contribution is 2.08. The lowest BCUT2D eigenvalue weighted by Crippen LogP contribution is -2.34. The van der Waals surface area contributed by atoms with Crippen LogP contribution in [0.15, 0.2) is 24.3 Å². The van der Waals surface area contributed by atoms with Gasteiger partial charge in [0, 0.05) is 25.2 Å². The predicted octanol–water partition coefficient (Wildman–Crippen LogP) is 1.00. The third-order valence-corrected chi connectivity index (χ3v) is 3.81. The molecule has 2 fully saturated rings. The van der Waals surface area contributed by atoms with Crippen LogP contribution in [0.5, 0.6) is 0 Å². The van der Waals surface area contributed by atoms with E-state index in [0.717, 1.165) is 50.6 Å². The zero-order valence-electron chi connectivity index (χ0n) is 14.9. The molecular weight excluding hydrogens is 340 g/mol. The molecule has 1 amide bonds. The summed E-state index contributed by atoms with van der Waals surface area (Å²) >= 11 is 0. The van der Waals surface area contributed by atoms with Crippen LogP contribution < -0.4 is 5.32 Å². The quantitative estimate of drug-likeness (QED) is 0.325. The summed E-state index contributed by atoms with van der Waals surface area (Å²) in [7, 11) is 0. The summed E-state index contributed by atoms with van der Waals surface area (Å²) in [6.07, 6.45) is 11.8. The third kappa shape index (κ3) is 10.4. The van der Waals surface area contributed by atoms with Gasteiger partial charge in [-0.2, -0.15) is 0 Å². The molecule has 3 rings (SSSR count). The third-order valence-electron chi connectivity index (χ3n) is 3.81. The van der Waals surface area contributed by atoms with Gasteiger partial charge in [0.2, 0.25) is 5.91 Å². The summed E-state index contributed by atoms with van der Waals surface area (Å²) in [4.78, 5) is 41.3. The molecule has 0 spiro atoms. The maximum absolute atomic E-state index is 11.3. The lowest BCUT2D eigenvalue weighted by atomic mass is 10.1. The molecule has 3 heterocycles. The number of nitrogens with one attached hydrogen (secondary N) is 1. The second-order valence-electron chi connectivity index (χ2n) is 5.96. The molecule has 0 aromatic heterocycles. The fraction of sp³-hybridized carbons (Fsp3) is 0.556. The molecule has 0 aromatic carbocycles. The first kappa shape index (κ1) is 21.6. The van der Waals surface area contributed by atoms with Gasteiger partial charge >= 0.3 is 17.9 Å². The summed E-state index contributed by atoms with van der Waals surface area (Å²) < 4.78 is 4.08. The fourth-order valence-corrected chi connectivity index (χ4v) is 2.47.